The highest BCUT2D eigenvalue weighted by Crippen LogP contribution is 2.45. The Balaban J connectivity index is 1.22. The minimum absolute atomic E-state index is 0.0141. The summed E-state index contributed by atoms with van der Waals surface area (Å²) in [6.07, 6.45) is 3.60. The lowest BCUT2D eigenvalue weighted by Gasteiger charge is -2.38. The molecular formula is C23H26N6O3. The molecule has 2 aliphatic heterocycles. The average Bonchev–Trinajstić information content (AvgIpc) is 3.47. The van der Waals surface area contributed by atoms with Crippen LogP contribution < -0.4 is 15.4 Å². The zero-order valence-corrected chi connectivity index (χ0v) is 17.9. The maximum Gasteiger partial charge on any atom is 0.324 e. The largest absolute Gasteiger partial charge is 0.378 e. The molecule has 2 aromatic heterocycles. The Bertz CT molecular complexity index is 1160. The van der Waals surface area contributed by atoms with Crippen LogP contribution in [0.2, 0.25) is 0 Å². The number of anilines is 2. The van der Waals surface area contributed by atoms with Crippen LogP contribution in [0.15, 0.2) is 39.6 Å². The van der Waals surface area contributed by atoms with Gasteiger partial charge in [0.25, 0.3) is 5.56 Å². The number of nitrogens with one attached hydrogen (secondary N) is 1. The molecule has 0 radical (unpaired) electrons. The molecule has 0 amide bonds. The Morgan fingerprint density at radius 3 is 2.50 bits per heavy atom. The Morgan fingerprint density at radius 2 is 1.72 bits per heavy atom. The lowest BCUT2D eigenvalue weighted by atomic mass is 9.76. The minimum atomic E-state index is -0.0522. The molecule has 4 heterocycles. The van der Waals surface area contributed by atoms with Gasteiger partial charge in [0.1, 0.15) is 0 Å². The van der Waals surface area contributed by atoms with E-state index in [4.69, 9.17) is 14.2 Å². The second-order valence-electron chi connectivity index (χ2n) is 8.85. The van der Waals surface area contributed by atoms with Gasteiger partial charge >= 0.3 is 6.01 Å². The van der Waals surface area contributed by atoms with Gasteiger partial charge in [0.05, 0.1) is 18.9 Å². The number of morpholine rings is 1. The second kappa shape index (κ2) is 7.74. The summed E-state index contributed by atoms with van der Waals surface area (Å²) in [5.41, 5.74) is 2.76. The highest BCUT2D eigenvalue weighted by Gasteiger charge is 2.45. The Kier molecular flexibility index (Phi) is 4.71. The van der Waals surface area contributed by atoms with Gasteiger partial charge in [0, 0.05) is 42.7 Å². The topological polar surface area (TPSA) is 100 Å². The van der Waals surface area contributed by atoms with Gasteiger partial charge in [-0.25, -0.2) is 4.98 Å². The number of fused-ring (bicyclic) bond motifs is 2. The van der Waals surface area contributed by atoms with E-state index in [9.17, 15) is 4.79 Å². The summed E-state index contributed by atoms with van der Waals surface area (Å²) in [5.74, 6) is 1.29. The predicted molar refractivity (Wildman–Crippen MR) is 119 cm³/mol. The van der Waals surface area contributed by atoms with Crippen LogP contribution in [0.4, 0.5) is 12.0 Å². The summed E-state index contributed by atoms with van der Waals surface area (Å²) in [5, 5.41) is 4.16. The number of ether oxygens (including phenoxy) is 1. The molecule has 1 aromatic carbocycles. The van der Waals surface area contributed by atoms with Crippen molar-refractivity contribution in [2.45, 2.75) is 31.1 Å². The SMILES string of the molecule is O=c1[nH]c(N2CCOCC2)nc2c1CCC21CCN(c2nc(-c3ccccc3)no2)CC1. The first-order valence-corrected chi connectivity index (χ1v) is 11.3. The van der Waals surface area contributed by atoms with Crippen LogP contribution in [-0.4, -0.2) is 59.5 Å². The number of aromatic amines is 1. The van der Waals surface area contributed by atoms with Gasteiger partial charge in [0.2, 0.25) is 11.8 Å². The molecule has 2 fully saturated rings. The standard InChI is InChI=1S/C23H26N6O3/c30-20-17-6-7-23(18(17)24-21(26-20)28-12-14-31-15-13-28)8-10-29(11-9-23)22-25-19(27-32-22)16-4-2-1-3-5-16/h1-5H,6-15H2,(H,24,26,30). The second-order valence-corrected chi connectivity index (χ2v) is 8.85. The van der Waals surface area contributed by atoms with Gasteiger partial charge in [0.15, 0.2) is 0 Å². The summed E-state index contributed by atoms with van der Waals surface area (Å²) in [4.78, 5) is 29.7. The molecule has 2 saturated heterocycles. The molecule has 1 N–H and O–H groups in total. The van der Waals surface area contributed by atoms with Crippen LogP contribution in [0, 0.1) is 0 Å². The third-order valence-electron chi connectivity index (χ3n) is 7.11. The summed E-state index contributed by atoms with van der Waals surface area (Å²) >= 11 is 0. The molecule has 1 aliphatic carbocycles. The van der Waals surface area contributed by atoms with Crippen LogP contribution in [0.3, 0.4) is 0 Å². The summed E-state index contributed by atoms with van der Waals surface area (Å²) in [6.45, 7) is 4.44. The van der Waals surface area contributed by atoms with Gasteiger partial charge in [-0.05, 0) is 25.7 Å². The van der Waals surface area contributed by atoms with Crippen molar-refractivity contribution in [2.75, 3.05) is 49.2 Å². The van der Waals surface area contributed by atoms with E-state index in [0.29, 0.717) is 31.0 Å². The molecule has 32 heavy (non-hydrogen) atoms. The zero-order valence-electron chi connectivity index (χ0n) is 17.9. The van der Waals surface area contributed by atoms with E-state index in [1.807, 2.05) is 30.3 Å². The Labute approximate surface area is 185 Å². The number of rotatable bonds is 3. The molecule has 9 nitrogen and oxygen atoms in total. The van der Waals surface area contributed by atoms with Gasteiger partial charge in [-0.3, -0.25) is 9.78 Å². The monoisotopic (exact) mass is 434 g/mol. The molecule has 0 atom stereocenters. The van der Waals surface area contributed by atoms with E-state index in [1.165, 1.54) is 0 Å². The summed E-state index contributed by atoms with van der Waals surface area (Å²) < 4.78 is 11.0. The molecule has 9 heteroatoms. The fraction of sp³-hybridized carbons (Fsp3) is 0.478. The predicted octanol–water partition coefficient (Wildman–Crippen LogP) is 2.14. The summed E-state index contributed by atoms with van der Waals surface area (Å²) in [6, 6.07) is 10.4. The number of hydrogen-bond acceptors (Lipinski definition) is 8. The number of hydrogen-bond donors (Lipinski definition) is 1. The van der Waals surface area contributed by atoms with Crippen molar-refractivity contribution in [3.05, 3.63) is 51.9 Å². The zero-order chi connectivity index (χ0) is 21.5. The van der Waals surface area contributed by atoms with E-state index >= 15 is 0 Å². The van der Waals surface area contributed by atoms with Crippen LogP contribution >= 0.6 is 0 Å². The highest BCUT2D eigenvalue weighted by atomic mass is 16.5. The Hall–Kier alpha value is -3.20. The fourth-order valence-corrected chi connectivity index (χ4v) is 5.23. The van der Waals surface area contributed by atoms with E-state index < -0.39 is 0 Å². The van der Waals surface area contributed by atoms with Crippen molar-refractivity contribution in [1.82, 2.24) is 20.1 Å². The third kappa shape index (κ3) is 3.28. The minimum Gasteiger partial charge on any atom is -0.378 e. The first-order chi connectivity index (χ1) is 15.7. The molecule has 0 saturated carbocycles. The number of benzene rings is 1. The van der Waals surface area contributed by atoms with Crippen LogP contribution in [0.25, 0.3) is 11.4 Å². The smallest absolute Gasteiger partial charge is 0.324 e. The first-order valence-electron chi connectivity index (χ1n) is 11.3. The van der Waals surface area contributed by atoms with E-state index in [-0.39, 0.29) is 11.0 Å². The fourth-order valence-electron chi connectivity index (χ4n) is 5.23. The lowest BCUT2D eigenvalue weighted by Crippen LogP contribution is -2.43. The maximum atomic E-state index is 12.8. The van der Waals surface area contributed by atoms with Crippen molar-refractivity contribution in [2.24, 2.45) is 0 Å². The quantitative estimate of drug-likeness (QED) is 0.669. The third-order valence-corrected chi connectivity index (χ3v) is 7.11. The lowest BCUT2D eigenvalue weighted by molar-refractivity contribution is 0.122. The number of piperidine rings is 1. The van der Waals surface area contributed by atoms with Crippen molar-refractivity contribution >= 4 is 12.0 Å². The molecule has 0 unspecified atom stereocenters. The first kappa shape index (κ1) is 19.5. The molecule has 166 valence electrons. The van der Waals surface area contributed by atoms with Crippen molar-refractivity contribution in [1.29, 1.82) is 0 Å². The summed E-state index contributed by atoms with van der Waals surface area (Å²) in [7, 11) is 0. The van der Waals surface area contributed by atoms with Crippen LogP contribution in [0.1, 0.15) is 30.5 Å². The van der Waals surface area contributed by atoms with Crippen LogP contribution in [0.5, 0.6) is 0 Å². The van der Waals surface area contributed by atoms with E-state index in [0.717, 1.165) is 68.7 Å². The van der Waals surface area contributed by atoms with Gasteiger partial charge in [-0.2, -0.15) is 4.98 Å². The van der Waals surface area contributed by atoms with Crippen LogP contribution in [-0.2, 0) is 16.6 Å². The van der Waals surface area contributed by atoms with Crippen molar-refractivity contribution in [3.8, 4) is 11.4 Å². The molecule has 6 rings (SSSR count). The maximum absolute atomic E-state index is 12.8. The molecule has 1 spiro atoms. The van der Waals surface area contributed by atoms with Gasteiger partial charge in [-0.15, -0.1) is 0 Å². The highest BCUT2D eigenvalue weighted by molar-refractivity contribution is 5.55. The molecular weight excluding hydrogens is 408 g/mol. The average molecular weight is 435 g/mol. The Morgan fingerprint density at radius 1 is 0.938 bits per heavy atom. The van der Waals surface area contributed by atoms with Crippen molar-refractivity contribution in [3.63, 3.8) is 0 Å². The number of H-pyrrole nitrogens is 1. The normalized spacial score (nSPS) is 20.0. The molecule has 3 aromatic rings. The van der Waals surface area contributed by atoms with E-state index in [1.54, 1.807) is 0 Å². The molecule has 3 aliphatic rings. The van der Waals surface area contributed by atoms with Crippen molar-refractivity contribution < 1.29 is 9.26 Å². The van der Waals surface area contributed by atoms with Gasteiger partial charge in [-0.1, -0.05) is 35.5 Å². The number of aromatic nitrogens is 4. The number of nitrogens with zero attached hydrogens (tertiary/aromatic N) is 5. The van der Waals surface area contributed by atoms with Gasteiger partial charge < -0.3 is 19.1 Å². The van der Waals surface area contributed by atoms with E-state index in [2.05, 4.69) is 24.9 Å². The molecule has 0 bridgehead atoms.